The minimum Gasteiger partial charge on any atom is -0.477 e. The van der Waals surface area contributed by atoms with Crippen LogP contribution in [0.3, 0.4) is 0 Å². The normalized spacial score (nSPS) is 34.6. The lowest BCUT2D eigenvalue weighted by atomic mass is 9.67. The molecule has 0 radical (unpaired) electrons. The van der Waals surface area contributed by atoms with E-state index in [0.29, 0.717) is 34.6 Å². The Morgan fingerprint density at radius 3 is 2.48 bits per heavy atom. The van der Waals surface area contributed by atoms with Gasteiger partial charge in [0.2, 0.25) is 12.1 Å². The first-order chi connectivity index (χ1) is 31.1. The molecule has 2 spiro atoms. The summed E-state index contributed by atoms with van der Waals surface area (Å²) in [4.78, 5) is 32.1. The number of guanidine groups is 1. The number of nitrogens with one attached hydrogen (secondary N) is 3. The Balaban J connectivity index is 1.36. The highest BCUT2D eigenvalue weighted by Gasteiger charge is 2.60. The number of aliphatic imine (C=N–C) groups is 1. The zero-order valence-corrected chi connectivity index (χ0v) is 37.9. The van der Waals surface area contributed by atoms with Crippen LogP contribution in [-0.2, 0) is 33.3 Å². The minimum absolute atomic E-state index is 0.0547. The molecule has 0 aromatic rings. The van der Waals surface area contributed by atoms with E-state index >= 15 is 0 Å². The van der Waals surface area contributed by atoms with Gasteiger partial charge in [-0.1, -0.05) is 31.1 Å². The molecule has 1 saturated heterocycles. The number of hydrogen-bond acceptors (Lipinski definition) is 15. The standard InChI is InChI=1S/C46H71N5O14/c1-5-30-31(10-9-28-23-51(18-20-53)24-32(39(56)57)36(28)50-43(47)49-17-8-19-52)33(26-61-41(30)65-42-38(62-27(2)3)46(59,60)37(55)34(25-54)64-42)40(58)63-29-11-14-45(21-29)16-15-44(12-6-7-13-44)35(45)22-48-4/h5,9-10,24,26-27,29-31,34-35,37-38,41-42,48,52-55,59-60H,1,6-8,11-23,25H2,2-4H3,(H,56,57)(H3,47,49,50)/p+1. The maximum absolute atomic E-state index is 14.6. The van der Waals surface area contributed by atoms with Crippen molar-refractivity contribution in [3.63, 3.8) is 0 Å². The van der Waals surface area contributed by atoms with Crippen LogP contribution in [0.15, 0.2) is 64.7 Å². The molecule has 4 fully saturated rings. The summed E-state index contributed by atoms with van der Waals surface area (Å²) >= 11 is 0. The fourth-order valence-electron chi connectivity index (χ4n) is 11.3. The highest BCUT2D eigenvalue weighted by Crippen LogP contribution is 2.66. The lowest BCUT2D eigenvalue weighted by molar-refractivity contribution is -0.843. The van der Waals surface area contributed by atoms with Crippen LogP contribution in [0.2, 0.25) is 0 Å². The number of quaternary nitrogens is 1. The molecule has 6 aliphatic rings. The Hall–Kier alpha value is -3.73. The molecule has 11 unspecified atom stereocenters. The molecule has 0 aromatic carbocycles. The van der Waals surface area contributed by atoms with E-state index in [0.717, 1.165) is 25.8 Å². The second-order valence-electron chi connectivity index (χ2n) is 18.8. The Kier molecular flexibility index (Phi) is 17.1. The molecule has 3 aliphatic carbocycles. The lowest BCUT2D eigenvalue weighted by Gasteiger charge is -2.48. The van der Waals surface area contributed by atoms with Gasteiger partial charge in [-0.25, -0.2) is 9.59 Å². The summed E-state index contributed by atoms with van der Waals surface area (Å²) in [6.45, 7) is 7.66. The number of nitrogens with zero attached hydrogens (tertiary/aromatic N) is 1. The van der Waals surface area contributed by atoms with Gasteiger partial charge in [-0.05, 0) is 95.6 Å². The van der Waals surface area contributed by atoms with Crippen molar-refractivity contribution in [1.82, 2.24) is 10.6 Å². The van der Waals surface area contributed by atoms with Gasteiger partial charge in [-0.2, -0.15) is 0 Å². The van der Waals surface area contributed by atoms with Gasteiger partial charge in [0.15, 0.2) is 18.4 Å². The monoisotopic (exact) mass is 919 g/mol. The molecule has 12 N–H and O–H groups in total. The van der Waals surface area contributed by atoms with Gasteiger partial charge >= 0.3 is 11.9 Å². The third kappa shape index (κ3) is 11.0. The summed E-state index contributed by atoms with van der Waals surface area (Å²) < 4.78 is 30.5. The van der Waals surface area contributed by atoms with Gasteiger partial charge in [0.05, 0.1) is 42.8 Å². The number of carboxylic acid groups (broad SMARTS) is 1. The smallest absolute Gasteiger partial charge is 0.343 e. The van der Waals surface area contributed by atoms with E-state index in [9.17, 15) is 45.3 Å². The van der Waals surface area contributed by atoms with E-state index in [2.05, 4.69) is 22.2 Å². The van der Waals surface area contributed by atoms with Gasteiger partial charge in [-0.15, -0.1) is 6.58 Å². The van der Waals surface area contributed by atoms with E-state index < -0.39 is 73.2 Å². The van der Waals surface area contributed by atoms with Gasteiger partial charge in [0, 0.05) is 24.6 Å². The van der Waals surface area contributed by atoms with Crippen molar-refractivity contribution in [3.8, 4) is 0 Å². The molecule has 3 saturated carbocycles. The average molecular weight is 919 g/mol. The zero-order valence-electron chi connectivity index (χ0n) is 37.9. The fourth-order valence-corrected chi connectivity index (χ4v) is 11.3. The van der Waals surface area contributed by atoms with Crippen LogP contribution < -0.4 is 21.3 Å². The quantitative estimate of drug-likeness (QED) is 0.0193. The largest absolute Gasteiger partial charge is 0.477 e. The van der Waals surface area contributed by atoms with E-state index in [4.69, 9.17) is 29.4 Å². The Morgan fingerprint density at radius 1 is 1.09 bits per heavy atom. The van der Waals surface area contributed by atoms with Crippen LogP contribution in [0.1, 0.15) is 78.1 Å². The molecule has 0 aromatic heterocycles. The van der Waals surface area contributed by atoms with Crippen LogP contribution in [0.4, 0.5) is 0 Å². The number of esters is 1. The number of carboxylic acids is 1. The van der Waals surface area contributed by atoms with E-state index in [-0.39, 0.29) is 67.2 Å². The summed E-state index contributed by atoms with van der Waals surface area (Å²) in [6.07, 6.45) is 8.45. The average Bonchev–Trinajstić information content (AvgIpc) is 3.99. The van der Waals surface area contributed by atoms with Crippen molar-refractivity contribution >= 4 is 17.9 Å². The zero-order chi connectivity index (χ0) is 47.1. The van der Waals surface area contributed by atoms with Crippen LogP contribution in [0.5, 0.6) is 0 Å². The third-order valence-corrected chi connectivity index (χ3v) is 14.4. The van der Waals surface area contributed by atoms with Crippen LogP contribution >= 0.6 is 0 Å². The molecule has 0 bridgehead atoms. The Bertz CT molecular complexity index is 1840. The second-order valence-corrected chi connectivity index (χ2v) is 18.8. The van der Waals surface area contributed by atoms with E-state index in [1.54, 1.807) is 26.0 Å². The number of allylic oxidation sites excluding steroid dienone is 1. The summed E-state index contributed by atoms with van der Waals surface area (Å²) in [5.41, 5.74) is 7.13. The number of rotatable bonds is 19. The topological polar surface area (TPSA) is 289 Å². The molecule has 11 atom stereocenters. The van der Waals surface area contributed by atoms with Gasteiger partial charge in [0.1, 0.15) is 43.2 Å². The maximum Gasteiger partial charge on any atom is 0.343 e. The van der Waals surface area contributed by atoms with Crippen molar-refractivity contribution in [2.75, 3.05) is 53.0 Å². The maximum atomic E-state index is 14.6. The number of nitrogens with two attached hydrogens (primary N) is 1. The number of ether oxygens (including phenoxy) is 5. The van der Waals surface area contributed by atoms with Crippen LogP contribution in [0.25, 0.3) is 0 Å². The molecule has 3 heterocycles. The first-order valence-electron chi connectivity index (χ1n) is 23.1. The summed E-state index contributed by atoms with van der Waals surface area (Å²) in [5, 5.41) is 78.8. The summed E-state index contributed by atoms with van der Waals surface area (Å²) in [6, 6.07) is 0. The number of aliphatic hydroxyl groups excluding tert-OH is 4. The van der Waals surface area contributed by atoms with E-state index in [1.165, 1.54) is 50.6 Å². The predicted molar refractivity (Wildman–Crippen MR) is 235 cm³/mol. The lowest BCUT2D eigenvalue weighted by Crippen LogP contribution is -3.09. The molecule has 65 heavy (non-hydrogen) atoms. The number of carbonyl (C=O) groups is 2. The van der Waals surface area contributed by atoms with Crippen molar-refractivity contribution < 1.29 is 73.9 Å². The molecule has 364 valence electrons. The fraction of sp³-hybridized carbons (Fsp3) is 0.717. The second kappa shape index (κ2) is 21.9. The molecule has 19 nitrogen and oxygen atoms in total. The van der Waals surface area contributed by atoms with Crippen molar-refractivity contribution in [3.05, 3.63) is 59.7 Å². The number of carbonyl (C=O) groups excluding carboxylic acids is 1. The predicted octanol–water partition coefficient (Wildman–Crippen LogP) is -0.558. The number of aliphatic hydroxyl groups is 6. The number of aliphatic carboxylic acids is 1. The molecule has 6 rings (SSSR count). The van der Waals surface area contributed by atoms with Crippen molar-refractivity contribution in [2.24, 2.45) is 39.3 Å². The third-order valence-electron chi connectivity index (χ3n) is 14.4. The number of hydrogen-bond donors (Lipinski definition) is 11. The molecule has 3 aliphatic heterocycles. The Morgan fingerprint density at radius 2 is 1.83 bits per heavy atom. The van der Waals surface area contributed by atoms with Crippen LogP contribution in [-0.4, -0.2) is 156 Å². The summed E-state index contributed by atoms with van der Waals surface area (Å²) in [7, 11) is 2.00. The van der Waals surface area contributed by atoms with Crippen molar-refractivity contribution in [2.45, 2.75) is 127 Å². The highest BCUT2D eigenvalue weighted by molar-refractivity contribution is 5.94. The SMILES string of the molecule is C=CC1C(OC2OC(CO)C(O)C(O)(O)C2OC(C)C)OC=C(C(=O)OC2CCC3(CCC4(CCCC4)C3CNC)C2)C1C=CC1=C(NC(N)=NCCCO)C(C(=O)O)=C[NH+](CCO)C1. The minimum atomic E-state index is -2.93. The van der Waals surface area contributed by atoms with Gasteiger partial charge < -0.3 is 80.7 Å². The van der Waals surface area contributed by atoms with Gasteiger partial charge in [-0.3, -0.25) is 4.99 Å². The highest BCUT2D eigenvalue weighted by atomic mass is 16.8. The molecular weight excluding hydrogens is 847 g/mol. The first kappa shape index (κ1) is 50.7. The van der Waals surface area contributed by atoms with E-state index in [1.807, 2.05) is 7.05 Å². The van der Waals surface area contributed by atoms with Gasteiger partial charge in [0.25, 0.3) is 0 Å². The first-order valence-corrected chi connectivity index (χ1v) is 23.1. The Labute approximate surface area is 380 Å². The van der Waals surface area contributed by atoms with Crippen molar-refractivity contribution in [1.29, 1.82) is 0 Å². The molecule has 19 heteroatoms. The van der Waals surface area contributed by atoms with Crippen LogP contribution in [0, 0.1) is 28.6 Å². The molecule has 0 amide bonds. The molecular formula is C46H72N5O14+. The summed E-state index contributed by atoms with van der Waals surface area (Å²) in [5.74, 6) is -6.25.